The van der Waals surface area contributed by atoms with Crippen LogP contribution in [0.5, 0.6) is 11.8 Å². The van der Waals surface area contributed by atoms with Crippen LogP contribution in [0.2, 0.25) is 0 Å². The normalized spacial score (nSPS) is 11.9. The summed E-state index contributed by atoms with van der Waals surface area (Å²) in [5.74, 6) is 0.797. The van der Waals surface area contributed by atoms with Gasteiger partial charge in [0.15, 0.2) is 0 Å². The Hall–Kier alpha value is -2.18. The second kappa shape index (κ2) is 8.96. The van der Waals surface area contributed by atoms with E-state index >= 15 is 0 Å². The van der Waals surface area contributed by atoms with Crippen molar-refractivity contribution in [1.82, 2.24) is 15.3 Å². The number of para-hydroxylation sites is 1. The molecule has 0 aliphatic heterocycles. The number of hydrogen-bond donors (Lipinski definition) is 2. The molecule has 0 fully saturated rings. The summed E-state index contributed by atoms with van der Waals surface area (Å²) in [5, 5.41) is 13.0. The Balaban J connectivity index is 1.56. The minimum atomic E-state index is -0.576. The number of nitrogens with zero attached hydrogens (tertiary/aromatic N) is 2. The van der Waals surface area contributed by atoms with E-state index in [4.69, 9.17) is 9.47 Å². The highest BCUT2D eigenvalue weighted by atomic mass is 16.5. The van der Waals surface area contributed by atoms with Gasteiger partial charge in [0.25, 0.3) is 0 Å². The first-order valence-corrected chi connectivity index (χ1v) is 7.23. The van der Waals surface area contributed by atoms with Crippen molar-refractivity contribution >= 4 is 0 Å². The van der Waals surface area contributed by atoms with E-state index in [1.807, 2.05) is 31.2 Å². The third-order valence-electron chi connectivity index (χ3n) is 2.96. The van der Waals surface area contributed by atoms with Gasteiger partial charge < -0.3 is 19.9 Å². The van der Waals surface area contributed by atoms with Crippen molar-refractivity contribution in [2.75, 3.05) is 26.3 Å². The number of ether oxygens (including phenoxy) is 2. The van der Waals surface area contributed by atoms with Crippen LogP contribution in [0.25, 0.3) is 0 Å². The number of nitrogens with one attached hydrogen (secondary N) is 1. The Morgan fingerprint density at radius 1 is 1.14 bits per heavy atom. The predicted octanol–water partition coefficient (Wildman–Crippen LogP) is 1.19. The number of hydrogen-bond acceptors (Lipinski definition) is 6. The van der Waals surface area contributed by atoms with Gasteiger partial charge >= 0.3 is 6.01 Å². The molecule has 1 unspecified atom stereocenters. The topological polar surface area (TPSA) is 76.5 Å². The molecule has 0 aliphatic rings. The van der Waals surface area contributed by atoms with Crippen LogP contribution in [0.1, 0.15) is 5.56 Å². The van der Waals surface area contributed by atoms with Gasteiger partial charge in [-0.15, -0.1) is 0 Å². The van der Waals surface area contributed by atoms with Gasteiger partial charge in [0.05, 0.1) is 0 Å². The van der Waals surface area contributed by atoms with Gasteiger partial charge in [-0.3, -0.25) is 0 Å². The van der Waals surface area contributed by atoms with Gasteiger partial charge in [0.1, 0.15) is 25.1 Å². The molecule has 1 aromatic carbocycles. The van der Waals surface area contributed by atoms with Crippen molar-refractivity contribution in [3.8, 4) is 11.8 Å². The van der Waals surface area contributed by atoms with Gasteiger partial charge in [-0.2, -0.15) is 0 Å². The first-order chi connectivity index (χ1) is 10.8. The van der Waals surface area contributed by atoms with E-state index in [0.717, 1.165) is 11.3 Å². The highest BCUT2D eigenvalue weighted by Crippen LogP contribution is 2.16. The molecule has 2 aromatic rings. The zero-order valence-electron chi connectivity index (χ0n) is 12.6. The summed E-state index contributed by atoms with van der Waals surface area (Å²) in [6.45, 7) is 3.70. The monoisotopic (exact) mass is 303 g/mol. The summed E-state index contributed by atoms with van der Waals surface area (Å²) in [6, 6.07) is 9.82. The Morgan fingerprint density at radius 3 is 2.68 bits per heavy atom. The lowest BCUT2D eigenvalue weighted by Crippen LogP contribution is -2.33. The van der Waals surface area contributed by atoms with Gasteiger partial charge in [-0.1, -0.05) is 18.2 Å². The maximum atomic E-state index is 9.86. The molecule has 0 bridgehead atoms. The molecule has 6 nitrogen and oxygen atoms in total. The molecular weight excluding hydrogens is 282 g/mol. The highest BCUT2D eigenvalue weighted by Gasteiger charge is 2.06. The average Bonchev–Trinajstić information content (AvgIpc) is 2.55. The van der Waals surface area contributed by atoms with Gasteiger partial charge in [-0.25, -0.2) is 9.97 Å². The summed E-state index contributed by atoms with van der Waals surface area (Å²) < 4.78 is 10.9. The van der Waals surface area contributed by atoms with Crippen LogP contribution < -0.4 is 14.8 Å². The molecule has 2 rings (SSSR count). The van der Waals surface area contributed by atoms with E-state index in [9.17, 15) is 5.11 Å². The molecule has 22 heavy (non-hydrogen) atoms. The zero-order valence-corrected chi connectivity index (χ0v) is 12.6. The summed E-state index contributed by atoms with van der Waals surface area (Å²) >= 11 is 0. The molecule has 0 radical (unpaired) electrons. The summed E-state index contributed by atoms with van der Waals surface area (Å²) in [5.41, 5.74) is 1.05. The average molecular weight is 303 g/mol. The zero-order chi connectivity index (χ0) is 15.6. The lowest BCUT2D eigenvalue weighted by Gasteiger charge is -2.14. The van der Waals surface area contributed by atoms with Crippen LogP contribution in [0.3, 0.4) is 0 Å². The van der Waals surface area contributed by atoms with Crippen molar-refractivity contribution in [2.45, 2.75) is 13.0 Å². The van der Waals surface area contributed by atoms with Crippen molar-refractivity contribution in [3.05, 3.63) is 48.3 Å². The molecule has 118 valence electrons. The number of aliphatic hydroxyl groups excluding tert-OH is 1. The number of benzene rings is 1. The fraction of sp³-hybridized carbons (Fsp3) is 0.375. The van der Waals surface area contributed by atoms with Crippen LogP contribution in [-0.2, 0) is 0 Å². The van der Waals surface area contributed by atoms with E-state index in [0.29, 0.717) is 25.7 Å². The SMILES string of the molecule is Cc1ccccc1OCC(O)CNCCOc1ncccn1. The molecule has 2 N–H and O–H groups in total. The molecule has 0 saturated carbocycles. The molecule has 1 atom stereocenters. The second-order valence-corrected chi connectivity index (χ2v) is 4.81. The van der Waals surface area contributed by atoms with E-state index in [1.54, 1.807) is 18.5 Å². The maximum absolute atomic E-state index is 9.86. The van der Waals surface area contributed by atoms with Crippen LogP contribution in [0.15, 0.2) is 42.7 Å². The number of aromatic nitrogens is 2. The van der Waals surface area contributed by atoms with E-state index in [2.05, 4.69) is 15.3 Å². The first kappa shape index (κ1) is 16.2. The number of aliphatic hydroxyl groups is 1. The van der Waals surface area contributed by atoms with Crippen LogP contribution in [0.4, 0.5) is 0 Å². The smallest absolute Gasteiger partial charge is 0.316 e. The van der Waals surface area contributed by atoms with Crippen molar-refractivity contribution in [3.63, 3.8) is 0 Å². The quantitative estimate of drug-likeness (QED) is 0.678. The second-order valence-electron chi connectivity index (χ2n) is 4.81. The summed E-state index contributed by atoms with van der Waals surface area (Å²) in [4.78, 5) is 7.90. The summed E-state index contributed by atoms with van der Waals surface area (Å²) in [6.07, 6.45) is 2.68. The first-order valence-electron chi connectivity index (χ1n) is 7.23. The molecule has 6 heteroatoms. The van der Waals surface area contributed by atoms with Crippen molar-refractivity contribution in [2.24, 2.45) is 0 Å². The maximum Gasteiger partial charge on any atom is 0.316 e. The Kier molecular flexibility index (Phi) is 6.60. The molecular formula is C16H21N3O3. The van der Waals surface area contributed by atoms with E-state index in [1.165, 1.54) is 0 Å². The fourth-order valence-corrected chi connectivity index (χ4v) is 1.81. The lowest BCUT2D eigenvalue weighted by molar-refractivity contribution is 0.105. The van der Waals surface area contributed by atoms with Gasteiger partial charge in [0, 0.05) is 25.5 Å². The Bertz CT molecular complexity index is 551. The van der Waals surface area contributed by atoms with Crippen molar-refractivity contribution in [1.29, 1.82) is 0 Å². The van der Waals surface area contributed by atoms with Crippen LogP contribution in [-0.4, -0.2) is 47.5 Å². The molecule has 0 amide bonds. The largest absolute Gasteiger partial charge is 0.491 e. The third-order valence-corrected chi connectivity index (χ3v) is 2.96. The minimum absolute atomic E-state index is 0.251. The Morgan fingerprint density at radius 2 is 1.91 bits per heavy atom. The standard InChI is InChI=1S/C16H21N3O3/c1-13-5-2-3-6-15(13)22-12-14(20)11-17-9-10-21-16-18-7-4-8-19-16/h2-8,14,17,20H,9-12H2,1H3. The molecule has 0 saturated heterocycles. The predicted molar refractivity (Wildman–Crippen MR) is 83.1 cm³/mol. The molecule has 0 aliphatic carbocycles. The highest BCUT2D eigenvalue weighted by molar-refractivity contribution is 5.31. The molecule has 1 aromatic heterocycles. The molecule has 0 spiro atoms. The number of rotatable bonds is 9. The lowest BCUT2D eigenvalue weighted by atomic mass is 10.2. The fourth-order valence-electron chi connectivity index (χ4n) is 1.81. The van der Waals surface area contributed by atoms with Gasteiger partial charge in [0.2, 0.25) is 0 Å². The molecule has 1 heterocycles. The van der Waals surface area contributed by atoms with E-state index < -0.39 is 6.10 Å². The minimum Gasteiger partial charge on any atom is -0.491 e. The number of aryl methyl sites for hydroxylation is 1. The van der Waals surface area contributed by atoms with Crippen LogP contribution >= 0.6 is 0 Å². The van der Waals surface area contributed by atoms with Crippen LogP contribution in [0, 0.1) is 6.92 Å². The Labute approximate surface area is 130 Å². The van der Waals surface area contributed by atoms with Gasteiger partial charge in [-0.05, 0) is 24.6 Å². The third kappa shape index (κ3) is 5.67. The van der Waals surface area contributed by atoms with E-state index in [-0.39, 0.29) is 6.61 Å². The van der Waals surface area contributed by atoms with Crippen molar-refractivity contribution < 1.29 is 14.6 Å². The summed E-state index contributed by atoms with van der Waals surface area (Å²) in [7, 11) is 0.